The molecule has 1 aromatic carbocycles. The van der Waals surface area contributed by atoms with Crippen molar-refractivity contribution < 1.29 is 22.7 Å². The highest BCUT2D eigenvalue weighted by atomic mass is 32.2. The van der Waals surface area contributed by atoms with Gasteiger partial charge in [0.05, 0.1) is 28.4 Å². The van der Waals surface area contributed by atoms with E-state index in [4.69, 9.17) is 4.74 Å². The third kappa shape index (κ3) is 3.96. The number of aryl methyl sites for hydroxylation is 1. The van der Waals surface area contributed by atoms with Gasteiger partial charge in [-0.3, -0.25) is 4.79 Å². The van der Waals surface area contributed by atoms with Crippen molar-refractivity contribution >= 4 is 38.1 Å². The number of anilines is 1. The Bertz CT molecular complexity index is 944. The first-order valence-corrected chi connectivity index (χ1v) is 10.6. The number of ether oxygens (including phenoxy) is 1. The zero-order chi connectivity index (χ0) is 19.5. The number of thiophene rings is 1. The Balaban J connectivity index is 2.44. The molecule has 0 atom stereocenters. The molecular formula is C18H21NO5S2. The van der Waals surface area contributed by atoms with E-state index >= 15 is 0 Å². The van der Waals surface area contributed by atoms with Crippen molar-refractivity contribution in [2.75, 3.05) is 17.7 Å². The maximum Gasteiger partial charge on any atom is 0.341 e. The minimum absolute atomic E-state index is 0.0253. The highest BCUT2D eigenvalue weighted by Crippen LogP contribution is 2.33. The molecular weight excluding hydrogens is 374 g/mol. The number of benzene rings is 1. The summed E-state index contributed by atoms with van der Waals surface area (Å²) >= 11 is 1.26. The molecule has 0 spiro atoms. The Morgan fingerprint density at radius 2 is 1.81 bits per heavy atom. The summed E-state index contributed by atoms with van der Waals surface area (Å²) in [5.41, 5.74) is 1.09. The largest absolute Gasteiger partial charge is 0.462 e. The van der Waals surface area contributed by atoms with Crippen LogP contribution in [0.4, 0.5) is 5.00 Å². The predicted octanol–water partition coefficient (Wildman–Crippen LogP) is 3.59. The maximum atomic E-state index is 12.7. The number of rotatable bonds is 6. The third-order valence-corrected chi connectivity index (χ3v) is 6.85. The average Bonchev–Trinajstić information content (AvgIpc) is 2.89. The Kier molecular flexibility index (Phi) is 6.20. The summed E-state index contributed by atoms with van der Waals surface area (Å²) in [6.45, 7) is 7.07. The van der Waals surface area contributed by atoms with E-state index in [9.17, 15) is 18.0 Å². The highest BCUT2D eigenvalue weighted by Gasteiger charge is 2.25. The fourth-order valence-electron chi connectivity index (χ4n) is 2.42. The van der Waals surface area contributed by atoms with Gasteiger partial charge in [-0.25, -0.2) is 13.2 Å². The molecule has 1 N–H and O–H groups in total. The monoisotopic (exact) mass is 395 g/mol. The van der Waals surface area contributed by atoms with Crippen molar-refractivity contribution in [3.8, 4) is 0 Å². The molecule has 1 aromatic heterocycles. The Hall–Kier alpha value is -2.19. The van der Waals surface area contributed by atoms with Crippen molar-refractivity contribution in [2.24, 2.45) is 0 Å². The van der Waals surface area contributed by atoms with Crippen molar-refractivity contribution in [1.82, 2.24) is 0 Å². The van der Waals surface area contributed by atoms with Crippen molar-refractivity contribution in [3.63, 3.8) is 0 Å². The molecule has 0 unspecified atom stereocenters. The van der Waals surface area contributed by atoms with Crippen LogP contribution in [0.3, 0.4) is 0 Å². The van der Waals surface area contributed by atoms with Crippen LogP contribution >= 0.6 is 11.3 Å². The van der Waals surface area contributed by atoms with Gasteiger partial charge in [0.15, 0.2) is 9.84 Å². The number of nitrogens with one attached hydrogen (secondary N) is 1. The molecule has 1 heterocycles. The molecule has 0 fully saturated rings. The minimum Gasteiger partial charge on any atom is -0.462 e. The fourth-order valence-corrected chi connectivity index (χ4v) is 4.55. The van der Waals surface area contributed by atoms with Gasteiger partial charge in [0.2, 0.25) is 0 Å². The van der Waals surface area contributed by atoms with Crippen LogP contribution in [0.1, 0.15) is 45.0 Å². The SMILES string of the molecule is CCOC(=O)c1c(NC(=O)c2ccccc2S(=O)(=O)CC)sc(C)c1C. The number of esters is 1. The van der Waals surface area contributed by atoms with Crippen LogP contribution in [0.2, 0.25) is 0 Å². The summed E-state index contributed by atoms with van der Waals surface area (Å²) in [7, 11) is -3.55. The van der Waals surface area contributed by atoms with Crippen LogP contribution < -0.4 is 5.32 Å². The standard InChI is InChI=1S/C18H21NO5S2/c1-5-24-18(21)15-11(3)12(4)25-17(15)19-16(20)13-9-7-8-10-14(13)26(22,23)6-2/h7-10H,5-6H2,1-4H3,(H,19,20). The zero-order valence-electron chi connectivity index (χ0n) is 15.1. The number of hydrogen-bond donors (Lipinski definition) is 1. The van der Waals surface area contributed by atoms with Gasteiger partial charge >= 0.3 is 5.97 Å². The molecule has 0 aliphatic heterocycles. The predicted molar refractivity (Wildman–Crippen MR) is 102 cm³/mol. The van der Waals surface area contributed by atoms with E-state index in [0.29, 0.717) is 10.6 Å². The van der Waals surface area contributed by atoms with Crippen molar-refractivity contribution in [2.45, 2.75) is 32.6 Å². The number of sulfone groups is 1. The lowest BCUT2D eigenvalue weighted by atomic mass is 10.1. The van der Waals surface area contributed by atoms with Gasteiger partial charge in [0.1, 0.15) is 5.00 Å². The van der Waals surface area contributed by atoms with E-state index in [1.807, 2.05) is 6.92 Å². The maximum absolute atomic E-state index is 12.7. The molecule has 8 heteroatoms. The lowest BCUT2D eigenvalue weighted by Gasteiger charge is -2.10. The molecule has 0 saturated carbocycles. The molecule has 2 aromatic rings. The number of carbonyl (C=O) groups is 2. The van der Waals surface area contributed by atoms with Crippen molar-refractivity contribution in [1.29, 1.82) is 0 Å². The van der Waals surface area contributed by atoms with E-state index in [1.165, 1.54) is 30.4 Å². The molecule has 26 heavy (non-hydrogen) atoms. The quantitative estimate of drug-likeness (QED) is 0.755. The first-order valence-electron chi connectivity index (χ1n) is 8.13. The lowest BCUT2D eigenvalue weighted by molar-refractivity contribution is 0.0527. The van der Waals surface area contributed by atoms with Gasteiger partial charge in [0, 0.05) is 4.88 Å². The Morgan fingerprint density at radius 3 is 2.42 bits per heavy atom. The summed E-state index contributed by atoms with van der Waals surface area (Å²) in [6, 6.07) is 6.03. The third-order valence-electron chi connectivity index (χ3n) is 3.94. The topological polar surface area (TPSA) is 89.5 Å². The number of amides is 1. The van der Waals surface area contributed by atoms with Crippen LogP contribution in [0.15, 0.2) is 29.2 Å². The van der Waals surface area contributed by atoms with E-state index in [2.05, 4.69) is 5.32 Å². The fraction of sp³-hybridized carbons (Fsp3) is 0.333. The van der Waals surface area contributed by atoms with E-state index in [1.54, 1.807) is 26.0 Å². The van der Waals surface area contributed by atoms with Crippen LogP contribution in [0.25, 0.3) is 0 Å². The van der Waals surface area contributed by atoms with Crippen LogP contribution in [0.5, 0.6) is 0 Å². The molecule has 2 rings (SSSR count). The second-order valence-electron chi connectivity index (χ2n) is 5.56. The van der Waals surface area contributed by atoms with Crippen LogP contribution in [-0.2, 0) is 14.6 Å². The molecule has 6 nitrogen and oxygen atoms in total. The van der Waals surface area contributed by atoms with E-state index in [-0.39, 0.29) is 22.8 Å². The van der Waals surface area contributed by atoms with Crippen molar-refractivity contribution in [3.05, 3.63) is 45.8 Å². The summed E-state index contributed by atoms with van der Waals surface area (Å²) in [5.74, 6) is -1.20. The number of hydrogen-bond acceptors (Lipinski definition) is 6. The summed E-state index contributed by atoms with van der Waals surface area (Å²) in [5, 5.41) is 3.03. The molecule has 0 aliphatic rings. The zero-order valence-corrected chi connectivity index (χ0v) is 16.7. The lowest BCUT2D eigenvalue weighted by Crippen LogP contribution is -2.18. The first kappa shape index (κ1) is 20.1. The first-order chi connectivity index (χ1) is 12.2. The molecule has 140 valence electrons. The van der Waals surface area contributed by atoms with Crippen LogP contribution in [0, 0.1) is 13.8 Å². The number of carbonyl (C=O) groups excluding carboxylic acids is 2. The Labute approximate surface area is 157 Å². The molecule has 0 aliphatic carbocycles. The highest BCUT2D eigenvalue weighted by molar-refractivity contribution is 7.91. The van der Waals surface area contributed by atoms with E-state index < -0.39 is 21.7 Å². The summed E-state index contributed by atoms with van der Waals surface area (Å²) < 4.78 is 29.6. The second kappa shape index (κ2) is 8.01. The second-order valence-corrected chi connectivity index (χ2v) is 9.03. The van der Waals surface area contributed by atoms with E-state index in [0.717, 1.165) is 10.4 Å². The summed E-state index contributed by atoms with van der Waals surface area (Å²) in [4.78, 5) is 25.8. The smallest absolute Gasteiger partial charge is 0.341 e. The Morgan fingerprint density at radius 1 is 1.15 bits per heavy atom. The summed E-state index contributed by atoms with van der Waals surface area (Å²) in [6.07, 6.45) is 0. The van der Waals surface area contributed by atoms with Gasteiger partial charge in [-0.2, -0.15) is 0 Å². The molecule has 1 amide bonds. The van der Waals surface area contributed by atoms with Crippen LogP contribution in [-0.4, -0.2) is 32.7 Å². The van der Waals surface area contributed by atoms with Gasteiger partial charge in [-0.15, -0.1) is 11.3 Å². The van der Waals surface area contributed by atoms with Gasteiger partial charge < -0.3 is 10.1 Å². The molecule has 0 saturated heterocycles. The molecule has 0 bridgehead atoms. The minimum atomic E-state index is -3.55. The molecule has 0 radical (unpaired) electrons. The van der Waals surface area contributed by atoms with Gasteiger partial charge in [-0.05, 0) is 38.5 Å². The van der Waals surface area contributed by atoms with Gasteiger partial charge in [0.25, 0.3) is 5.91 Å². The average molecular weight is 396 g/mol. The van der Waals surface area contributed by atoms with Gasteiger partial charge in [-0.1, -0.05) is 19.1 Å². The normalized spacial score (nSPS) is 11.2.